The molecule has 0 fully saturated rings. The molecule has 10 heteroatoms. The predicted molar refractivity (Wildman–Crippen MR) is 99.5 cm³/mol. The average molecular weight is 404 g/mol. The van der Waals surface area contributed by atoms with Crippen molar-refractivity contribution in [3.8, 4) is 0 Å². The van der Waals surface area contributed by atoms with Crippen molar-refractivity contribution in [1.29, 1.82) is 0 Å². The Balaban J connectivity index is 1.88. The number of anilines is 1. The van der Waals surface area contributed by atoms with E-state index in [0.29, 0.717) is 5.39 Å². The molecule has 2 aromatic carbocycles. The molecule has 0 saturated heterocycles. The number of carbonyl (C=O) groups is 2. The number of amides is 2. The van der Waals surface area contributed by atoms with Crippen LogP contribution in [0.25, 0.3) is 10.8 Å². The van der Waals surface area contributed by atoms with Gasteiger partial charge in [0.1, 0.15) is 6.54 Å². The van der Waals surface area contributed by atoms with Gasteiger partial charge in [-0.15, -0.1) is 0 Å². The molecule has 0 unspecified atom stereocenters. The fourth-order valence-corrected chi connectivity index (χ4v) is 2.71. The second-order valence-electron chi connectivity index (χ2n) is 6.06. The molecule has 2 amide bonds. The Bertz CT molecular complexity index is 1140. The molecule has 0 radical (unpaired) electrons. The van der Waals surface area contributed by atoms with Crippen LogP contribution < -0.4 is 16.2 Å². The lowest BCUT2D eigenvalue weighted by atomic mass is 10.1. The molecule has 0 aliphatic rings. The van der Waals surface area contributed by atoms with E-state index in [1.54, 1.807) is 18.2 Å². The molecular formula is C19H15F3N4O3. The van der Waals surface area contributed by atoms with Crippen molar-refractivity contribution >= 4 is 28.3 Å². The van der Waals surface area contributed by atoms with E-state index in [2.05, 4.69) is 15.7 Å². The van der Waals surface area contributed by atoms with Gasteiger partial charge in [0.05, 0.1) is 10.9 Å². The van der Waals surface area contributed by atoms with Crippen LogP contribution in [0.5, 0.6) is 0 Å². The van der Waals surface area contributed by atoms with Crippen LogP contribution in [-0.2, 0) is 17.5 Å². The van der Waals surface area contributed by atoms with Crippen LogP contribution in [0.3, 0.4) is 0 Å². The molecule has 0 aliphatic carbocycles. The summed E-state index contributed by atoms with van der Waals surface area (Å²) in [6.45, 7) is -0.519. The van der Waals surface area contributed by atoms with E-state index < -0.39 is 35.7 Å². The third-order valence-corrected chi connectivity index (χ3v) is 4.10. The standard InChI is InChI=1S/C19H15F3N4O3/c1-23-17(28)16-13-4-2-3-5-14(13)18(29)26(25-16)10-15(27)24-12-8-6-11(7-9-12)19(20,21)22/h2-9H,10H2,1H3,(H,23,28)(H,24,27). The quantitative estimate of drug-likeness (QED) is 0.699. The van der Waals surface area contributed by atoms with Crippen LogP contribution in [0.15, 0.2) is 53.3 Å². The topological polar surface area (TPSA) is 93.1 Å². The van der Waals surface area contributed by atoms with Crippen molar-refractivity contribution in [3.05, 3.63) is 70.1 Å². The van der Waals surface area contributed by atoms with Gasteiger partial charge >= 0.3 is 6.18 Å². The molecular weight excluding hydrogens is 389 g/mol. The van der Waals surface area contributed by atoms with E-state index in [-0.39, 0.29) is 16.8 Å². The van der Waals surface area contributed by atoms with Crippen LogP contribution in [0.1, 0.15) is 16.1 Å². The van der Waals surface area contributed by atoms with Crippen molar-refractivity contribution < 1.29 is 22.8 Å². The lowest BCUT2D eigenvalue weighted by Gasteiger charge is -2.11. The van der Waals surface area contributed by atoms with E-state index in [4.69, 9.17) is 0 Å². The Kier molecular flexibility index (Phi) is 5.35. The van der Waals surface area contributed by atoms with E-state index in [0.717, 1.165) is 28.9 Å². The number of alkyl halides is 3. The minimum Gasteiger partial charge on any atom is -0.354 e. The summed E-state index contributed by atoms with van der Waals surface area (Å²) in [7, 11) is 1.41. The molecule has 2 N–H and O–H groups in total. The van der Waals surface area contributed by atoms with E-state index in [1.165, 1.54) is 13.1 Å². The van der Waals surface area contributed by atoms with Crippen molar-refractivity contribution in [2.75, 3.05) is 12.4 Å². The maximum absolute atomic E-state index is 12.6. The number of rotatable bonds is 4. The molecule has 1 aromatic heterocycles. The first kappa shape index (κ1) is 20.1. The van der Waals surface area contributed by atoms with Gasteiger partial charge in [-0.05, 0) is 30.3 Å². The van der Waals surface area contributed by atoms with E-state index in [1.807, 2.05) is 0 Å². The molecule has 150 valence electrons. The maximum Gasteiger partial charge on any atom is 0.416 e. The van der Waals surface area contributed by atoms with Crippen LogP contribution in [-0.4, -0.2) is 28.6 Å². The zero-order valence-corrected chi connectivity index (χ0v) is 15.1. The summed E-state index contributed by atoms with van der Waals surface area (Å²) in [4.78, 5) is 37.0. The number of carbonyl (C=O) groups excluding carboxylic acids is 2. The number of aromatic nitrogens is 2. The van der Waals surface area contributed by atoms with Gasteiger partial charge in [-0.25, -0.2) is 4.68 Å². The molecule has 0 saturated carbocycles. The highest BCUT2D eigenvalue weighted by molar-refractivity contribution is 6.04. The van der Waals surface area contributed by atoms with E-state index in [9.17, 15) is 27.6 Å². The summed E-state index contributed by atoms with van der Waals surface area (Å²) >= 11 is 0. The number of halogens is 3. The fraction of sp³-hybridized carbons (Fsp3) is 0.158. The largest absolute Gasteiger partial charge is 0.416 e. The zero-order chi connectivity index (χ0) is 21.2. The maximum atomic E-state index is 12.6. The van der Waals surface area contributed by atoms with Crippen molar-refractivity contribution in [3.63, 3.8) is 0 Å². The normalized spacial score (nSPS) is 11.3. The first-order chi connectivity index (χ1) is 13.7. The highest BCUT2D eigenvalue weighted by Gasteiger charge is 2.30. The third kappa shape index (κ3) is 4.26. The minimum atomic E-state index is -4.49. The Morgan fingerprint density at radius 3 is 2.24 bits per heavy atom. The monoisotopic (exact) mass is 404 g/mol. The summed E-state index contributed by atoms with van der Waals surface area (Å²) in [5.41, 5.74) is -1.32. The Morgan fingerprint density at radius 2 is 1.66 bits per heavy atom. The molecule has 3 aromatic rings. The summed E-state index contributed by atoms with van der Waals surface area (Å²) in [5, 5.41) is 9.36. The van der Waals surface area contributed by atoms with Gasteiger partial charge in [-0.2, -0.15) is 18.3 Å². The van der Waals surface area contributed by atoms with Crippen molar-refractivity contribution in [2.24, 2.45) is 0 Å². The predicted octanol–water partition coefficient (Wildman–Crippen LogP) is 2.41. The summed E-state index contributed by atoms with van der Waals surface area (Å²) in [5.74, 6) is -1.21. The number of fused-ring (bicyclic) bond motifs is 1. The number of hydrogen-bond donors (Lipinski definition) is 2. The lowest BCUT2D eigenvalue weighted by Crippen LogP contribution is -2.33. The van der Waals surface area contributed by atoms with Gasteiger partial charge in [0.15, 0.2) is 5.69 Å². The summed E-state index contributed by atoms with van der Waals surface area (Å²) < 4.78 is 38.7. The smallest absolute Gasteiger partial charge is 0.354 e. The molecule has 7 nitrogen and oxygen atoms in total. The molecule has 29 heavy (non-hydrogen) atoms. The second kappa shape index (κ2) is 7.74. The Morgan fingerprint density at radius 1 is 1.03 bits per heavy atom. The highest BCUT2D eigenvalue weighted by Crippen LogP contribution is 2.29. The first-order valence-electron chi connectivity index (χ1n) is 8.40. The fourth-order valence-electron chi connectivity index (χ4n) is 2.71. The molecule has 0 spiro atoms. The SMILES string of the molecule is CNC(=O)c1nn(CC(=O)Nc2ccc(C(F)(F)F)cc2)c(=O)c2ccccc12. The molecule has 3 rings (SSSR count). The zero-order valence-electron chi connectivity index (χ0n) is 15.1. The van der Waals surface area contributed by atoms with E-state index >= 15 is 0 Å². The Labute approximate surface area is 162 Å². The molecule has 0 bridgehead atoms. The number of nitrogens with one attached hydrogen (secondary N) is 2. The highest BCUT2D eigenvalue weighted by atomic mass is 19.4. The first-order valence-corrected chi connectivity index (χ1v) is 8.40. The van der Waals surface area contributed by atoms with Crippen molar-refractivity contribution in [1.82, 2.24) is 15.1 Å². The summed E-state index contributed by atoms with van der Waals surface area (Å²) in [6, 6.07) is 10.2. The van der Waals surface area contributed by atoms with Crippen LogP contribution in [0, 0.1) is 0 Å². The van der Waals surface area contributed by atoms with Gasteiger partial charge in [-0.3, -0.25) is 14.4 Å². The van der Waals surface area contributed by atoms with Gasteiger partial charge in [0, 0.05) is 18.1 Å². The number of nitrogens with zero attached hydrogens (tertiary/aromatic N) is 2. The lowest BCUT2D eigenvalue weighted by molar-refractivity contribution is -0.137. The van der Waals surface area contributed by atoms with Crippen LogP contribution in [0.2, 0.25) is 0 Å². The van der Waals surface area contributed by atoms with Crippen LogP contribution >= 0.6 is 0 Å². The molecule has 0 atom stereocenters. The van der Waals surface area contributed by atoms with Gasteiger partial charge in [0.25, 0.3) is 11.5 Å². The van der Waals surface area contributed by atoms with Gasteiger partial charge in [0.2, 0.25) is 5.91 Å². The third-order valence-electron chi connectivity index (χ3n) is 4.10. The van der Waals surface area contributed by atoms with Crippen LogP contribution in [0.4, 0.5) is 18.9 Å². The molecule has 1 heterocycles. The summed E-state index contributed by atoms with van der Waals surface area (Å²) in [6.07, 6.45) is -4.49. The van der Waals surface area contributed by atoms with Gasteiger partial charge in [-0.1, -0.05) is 18.2 Å². The van der Waals surface area contributed by atoms with Crippen molar-refractivity contribution in [2.45, 2.75) is 12.7 Å². The second-order valence-corrected chi connectivity index (χ2v) is 6.06. The number of benzene rings is 2. The average Bonchev–Trinajstić information content (AvgIpc) is 2.69. The van der Waals surface area contributed by atoms with Gasteiger partial charge < -0.3 is 10.6 Å². The minimum absolute atomic E-state index is 0.0231. The number of hydrogen-bond acceptors (Lipinski definition) is 4. The Hall–Kier alpha value is -3.69. The molecule has 0 aliphatic heterocycles.